The zero-order valence-corrected chi connectivity index (χ0v) is 6.90. The van der Waals surface area contributed by atoms with E-state index in [2.05, 4.69) is 19.1 Å². The summed E-state index contributed by atoms with van der Waals surface area (Å²) in [5.41, 5.74) is 0. The lowest BCUT2D eigenvalue weighted by atomic mass is 10.1. The minimum atomic E-state index is 0.812. The molecule has 0 bridgehead atoms. The van der Waals surface area contributed by atoms with Crippen LogP contribution in [0.1, 0.15) is 45.4 Å². The Bertz CT molecular complexity index is 96.6. The Kier molecular flexibility index (Phi) is 3.56. The number of unbranched alkanes of at least 4 members (excludes halogenated alkanes) is 1. The van der Waals surface area contributed by atoms with E-state index in [4.69, 9.17) is 0 Å². The maximum atomic E-state index is 3.46. The Labute approximate surface area is 64.3 Å². The predicted molar refractivity (Wildman–Crippen MR) is 44.7 cm³/mol. The molecule has 1 aliphatic rings. The van der Waals surface area contributed by atoms with Gasteiger partial charge in [0.05, 0.1) is 0 Å². The minimum Gasteiger partial charge on any atom is -0.0808 e. The van der Waals surface area contributed by atoms with E-state index in [1.807, 2.05) is 0 Å². The average Bonchev–Trinajstić information content (AvgIpc) is 2.41. The van der Waals surface area contributed by atoms with Gasteiger partial charge >= 0.3 is 0 Å². The van der Waals surface area contributed by atoms with Crippen LogP contribution < -0.4 is 0 Å². The van der Waals surface area contributed by atoms with Crippen LogP contribution in [-0.4, -0.2) is 0 Å². The first kappa shape index (κ1) is 7.84. The fourth-order valence-corrected chi connectivity index (χ4v) is 1.49. The normalized spacial score (nSPS) is 20.9. The van der Waals surface area contributed by atoms with Crippen LogP contribution in [-0.2, 0) is 0 Å². The van der Waals surface area contributed by atoms with Crippen molar-refractivity contribution in [1.29, 1.82) is 0 Å². The first-order valence-electron chi connectivity index (χ1n) is 4.51. The molecule has 57 valence electrons. The van der Waals surface area contributed by atoms with Crippen molar-refractivity contribution in [3.63, 3.8) is 0 Å². The van der Waals surface area contributed by atoms with Gasteiger partial charge in [-0.15, -0.1) is 0 Å². The summed E-state index contributed by atoms with van der Waals surface area (Å²) < 4.78 is 0. The molecule has 1 saturated carbocycles. The van der Waals surface area contributed by atoms with E-state index in [1.165, 1.54) is 38.5 Å². The highest BCUT2D eigenvalue weighted by molar-refractivity contribution is 4.82. The molecule has 0 aromatic rings. The lowest BCUT2D eigenvalue weighted by Crippen LogP contribution is -1.85. The van der Waals surface area contributed by atoms with Gasteiger partial charge < -0.3 is 0 Å². The monoisotopic (exact) mass is 137 g/mol. The van der Waals surface area contributed by atoms with Crippen LogP contribution in [0.5, 0.6) is 0 Å². The van der Waals surface area contributed by atoms with Gasteiger partial charge in [-0.2, -0.15) is 0 Å². The third-order valence-electron chi connectivity index (χ3n) is 2.14. The van der Waals surface area contributed by atoms with Crippen LogP contribution in [0.15, 0.2) is 6.08 Å². The zero-order chi connectivity index (χ0) is 7.23. The highest BCUT2D eigenvalue weighted by Gasteiger charge is 2.10. The lowest BCUT2D eigenvalue weighted by molar-refractivity contribution is 0.662. The summed E-state index contributed by atoms with van der Waals surface area (Å²) in [5, 5.41) is 0. The second kappa shape index (κ2) is 4.54. The number of hydrogen-bond donors (Lipinski definition) is 0. The van der Waals surface area contributed by atoms with Crippen LogP contribution in [0, 0.1) is 12.0 Å². The van der Waals surface area contributed by atoms with Gasteiger partial charge in [-0.25, -0.2) is 0 Å². The number of allylic oxidation sites excluding steroid dienone is 2. The summed E-state index contributed by atoms with van der Waals surface area (Å²) in [5.74, 6) is 0.812. The van der Waals surface area contributed by atoms with Crippen LogP contribution in [0.4, 0.5) is 0 Å². The van der Waals surface area contributed by atoms with Gasteiger partial charge in [-0.3, -0.25) is 0 Å². The maximum Gasteiger partial charge on any atom is -0.0162 e. The molecule has 0 aliphatic heterocycles. The molecule has 0 aromatic heterocycles. The first-order valence-corrected chi connectivity index (χ1v) is 4.51. The summed E-state index contributed by atoms with van der Waals surface area (Å²) >= 11 is 0. The van der Waals surface area contributed by atoms with Crippen molar-refractivity contribution < 1.29 is 0 Å². The average molecular weight is 137 g/mol. The van der Waals surface area contributed by atoms with E-state index >= 15 is 0 Å². The van der Waals surface area contributed by atoms with Gasteiger partial charge in [0.15, 0.2) is 0 Å². The van der Waals surface area contributed by atoms with Crippen molar-refractivity contribution in [3.8, 4) is 0 Å². The summed E-state index contributed by atoms with van der Waals surface area (Å²) in [6, 6.07) is 0. The molecule has 0 heterocycles. The molecule has 0 N–H and O–H groups in total. The second-order valence-electron chi connectivity index (χ2n) is 3.14. The van der Waals surface area contributed by atoms with Crippen LogP contribution >= 0.6 is 0 Å². The van der Waals surface area contributed by atoms with E-state index in [1.54, 1.807) is 0 Å². The van der Waals surface area contributed by atoms with Crippen molar-refractivity contribution in [2.45, 2.75) is 45.4 Å². The summed E-state index contributed by atoms with van der Waals surface area (Å²) in [6.45, 7) is 2.22. The smallest absolute Gasteiger partial charge is 0.0162 e. The SMILES string of the molecule is CCC/C=[C]\C1CCCC1. The molecule has 1 fully saturated rings. The fraction of sp³-hybridized carbons (Fsp3) is 0.800. The standard InChI is InChI=1S/C10H17/c1-2-3-4-7-10-8-5-6-9-10/h4,10H,2-3,5-6,8-9H2,1H3. The molecule has 1 rings (SSSR count). The topological polar surface area (TPSA) is 0 Å². The zero-order valence-electron chi connectivity index (χ0n) is 6.90. The number of rotatable bonds is 3. The van der Waals surface area contributed by atoms with E-state index in [-0.39, 0.29) is 0 Å². The highest BCUT2D eigenvalue weighted by atomic mass is 14.2. The fourth-order valence-electron chi connectivity index (χ4n) is 1.49. The molecule has 0 spiro atoms. The molecule has 10 heavy (non-hydrogen) atoms. The van der Waals surface area contributed by atoms with Crippen LogP contribution in [0.2, 0.25) is 0 Å². The first-order chi connectivity index (χ1) is 4.93. The third-order valence-corrected chi connectivity index (χ3v) is 2.14. The lowest BCUT2D eigenvalue weighted by Gasteiger charge is -1.97. The van der Waals surface area contributed by atoms with Crippen LogP contribution in [0.3, 0.4) is 0 Å². The Balaban J connectivity index is 2.10. The molecule has 0 saturated heterocycles. The summed E-state index contributed by atoms with van der Waals surface area (Å²) in [4.78, 5) is 0. The van der Waals surface area contributed by atoms with Crippen molar-refractivity contribution in [2.24, 2.45) is 5.92 Å². The molecule has 1 radical (unpaired) electrons. The van der Waals surface area contributed by atoms with Gasteiger partial charge in [0.2, 0.25) is 0 Å². The molecule has 0 atom stereocenters. The molecule has 0 heteroatoms. The molecular formula is C10H17. The Morgan fingerprint density at radius 2 is 2.10 bits per heavy atom. The van der Waals surface area contributed by atoms with E-state index in [9.17, 15) is 0 Å². The number of hydrogen-bond acceptors (Lipinski definition) is 0. The van der Waals surface area contributed by atoms with Crippen LogP contribution in [0.25, 0.3) is 0 Å². The Morgan fingerprint density at radius 1 is 1.40 bits per heavy atom. The van der Waals surface area contributed by atoms with Crippen molar-refractivity contribution in [2.75, 3.05) is 0 Å². The van der Waals surface area contributed by atoms with Crippen molar-refractivity contribution in [1.82, 2.24) is 0 Å². The van der Waals surface area contributed by atoms with Gasteiger partial charge in [0.25, 0.3) is 0 Å². The molecular weight excluding hydrogens is 120 g/mol. The van der Waals surface area contributed by atoms with Gasteiger partial charge in [0.1, 0.15) is 0 Å². The van der Waals surface area contributed by atoms with Gasteiger partial charge in [-0.05, 0) is 31.3 Å². The van der Waals surface area contributed by atoms with E-state index in [0.717, 1.165) is 5.92 Å². The maximum absolute atomic E-state index is 3.46. The minimum absolute atomic E-state index is 0.812. The van der Waals surface area contributed by atoms with Crippen molar-refractivity contribution in [3.05, 3.63) is 12.2 Å². The quantitative estimate of drug-likeness (QED) is 0.559. The molecule has 0 aromatic carbocycles. The molecule has 0 nitrogen and oxygen atoms in total. The molecule has 0 amide bonds. The van der Waals surface area contributed by atoms with Gasteiger partial charge in [-0.1, -0.05) is 32.3 Å². The van der Waals surface area contributed by atoms with Crippen molar-refractivity contribution >= 4 is 0 Å². The van der Waals surface area contributed by atoms with E-state index < -0.39 is 0 Å². The van der Waals surface area contributed by atoms with E-state index in [0.29, 0.717) is 0 Å². The molecule has 1 aliphatic carbocycles. The Hall–Kier alpha value is -0.260. The highest BCUT2D eigenvalue weighted by Crippen LogP contribution is 2.25. The third kappa shape index (κ3) is 2.55. The Morgan fingerprint density at radius 3 is 2.70 bits per heavy atom. The predicted octanol–water partition coefficient (Wildman–Crippen LogP) is 3.34. The second-order valence-corrected chi connectivity index (χ2v) is 3.14. The molecule has 0 unspecified atom stereocenters. The summed E-state index contributed by atoms with van der Waals surface area (Å²) in [6.07, 6.45) is 13.8. The largest absolute Gasteiger partial charge is 0.0808 e. The van der Waals surface area contributed by atoms with Gasteiger partial charge in [0, 0.05) is 0 Å². The summed E-state index contributed by atoms with van der Waals surface area (Å²) in [7, 11) is 0.